The Balaban J connectivity index is 2.56. The van der Waals surface area contributed by atoms with Gasteiger partial charge in [0.25, 0.3) is 0 Å². The molecule has 5 nitrogen and oxygen atoms in total. The molecule has 14 heavy (non-hydrogen) atoms. The Kier molecular flexibility index (Phi) is 3.88. The molecular formula is C9H17N3O2. The van der Waals surface area contributed by atoms with E-state index >= 15 is 0 Å². The highest BCUT2D eigenvalue weighted by Crippen LogP contribution is 2.01. The van der Waals surface area contributed by atoms with E-state index in [0.29, 0.717) is 19.5 Å². The van der Waals surface area contributed by atoms with Crippen LogP contribution in [0.4, 0.5) is 0 Å². The minimum Gasteiger partial charge on any atom is -0.354 e. The fraction of sp³-hybridized carbons (Fsp3) is 0.778. The molecule has 0 radical (unpaired) electrons. The Hall–Kier alpha value is -1.10. The van der Waals surface area contributed by atoms with Crippen molar-refractivity contribution < 1.29 is 9.59 Å². The summed E-state index contributed by atoms with van der Waals surface area (Å²) in [6.45, 7) is 3.27. The predicted molar refractivity (Wildman–Crippen MR) is 52.5 cm³/mol. The van der Waals surface area contributed by atoms with Crippen molar-refractivity contribution in [2.75, 3.05) is 19.6 Å². The molecule has 0 aliphatic carbocycles. The lowest BCUT2D eigenvalue weighted by atomic mass is 10.2. The van der Waals surface area contributed by atoms with Gasteiger partial charge in [-0.2, -0.15) is 0 Å². The Morgan fingerprint density at radius 2 is 2.43 bits per heavy atom. The molecule has 1 atom stereocenters. The van der Waals surface area contributed by atoms with Gasteiger partial charge in [-0.25, -0.2) is 0 Å². The number of nitrogens with one attached hydrogen (secondary N) is 1. The monoisotopic (exact) mass is 199 g/mol. The second-order valence-corrected chi connectivity index (χ2v) is 3.48. The molecule has 0 aromatic heterocycles. The molecule has 0 unspecified atom stereocenters. The molecule has 1 saturated heterocycles. The Morgan fingerprint density at radius 1 is 1.71 bits per heavy atom. The van der Waals surface area contributed by atoms with Crippen LogP contribution in [0.25, 0.3) is 0 Å². The van der Waals surface area contributed by atoms with Crippen molar-refractivity contribution in [2.45, 2.75) is 25.8 Å². The fourth-order valence-electron chi connectivity index (χ4n) is 1.40. The van der Waals surface area contributed by atoms with E-state index in [0.717, 1.165) is 6.42 Å². The highest BCUT2D eigenvalue weighted by molar-refractivity contribution is 5.87. The van der Waals surface area contributed by atoms with Crippen LogP contribution in [-0.2, 0) is 9.59 Å². The molecule has 5 heteroatoms. The van der Waals surface area contributed by atoms with Crippen molar-refractivity contribution in [3.63, 3.8) is 0 Å². The molecule has 1 heterocycles. The van der Waals surface area contributed by atoms with Crippen LogP contribution in [-0.4, -0.2) is 42.4 Å². The first-order chi connectivity index (χ1) is 6.65. The van der Waals surface area contributed by atoms with Crippen LogP contribution >= 0.6 is 0 Å². The minimum absolute atomic E-state index is 0.0980. The van der Waals surface area contributed by atoms with Gasteiger partial charge in [-0.15, -0.1) is 0 Å². The molecule has 1 aliphatic rings. The molecule has 0 aromatic rings. The normalized spacial score (nSPS) is 19.9. The first-order valence-corrected chi connectivity index (χ1v) is 4.96. The molecule has 80 valence electrons. The Morgan fingerprint density at radius 3 is 3.07 bits per heavy atom. The summed E-state index contributed by atoms with van der Waals surface area (Å²) in [7, 11) is 0. The van der Waals surface area contributed by atoms with E-state index < -0.39 is 6.04 Å². The van der Waals surface area contributed by atoms with Gasteiger partial charge < -0.3 is 16.0 Å². The van der Waals surface area contributed by atoms with Gasteiger partial charge in [0.2, 0.25) is 11.8 Å². The van der Waals surface area contributed by atoms with E-state index in [1.807, 2.05) is 6.92 Å². The van der Waals surface area contributed by atoms with Crippen LogP contribution in [0, 0.1) is 0 Å². The summed E-state index contributed by atoms with van der Waals surface area (Å²) in [6.07, 6.45) is 1.41. The van der Waals surface area contributed by atoms with Gasteiger partial charge in [0, 0.05) is 13.1 Å². The third kappa shape index (κ3) is 2.70. The molecule has 2 amide bonds. The second-order valence-electron chi connectivity index (χ2n) is 3.48. The maximum absolute atomic E-state index is 11.6. The van der Waals surface area contributed by atoms with Gasteiger partial charge in [0.15, 0.2) is 0 Å². The van der Waals surface area contributed by atoms with E-state index in [1.54, 1.807) is 0 Å². The van der Waals surface area contributed by atoms with Crippen molar-refractivity contribution in [3.8, 4) is 0 Å². The van der Waals surface area contributed by atoms with Crippen LogP contribution in [0.2, 0.25) is 0 Å². The zero-order valence-corrected chi connectivity index (χ0v) is 8.45. The lowest BCUT2D eigenvalue weighted by molar-refractivity contribution is -0.136. The SMILES string of the molecule is CC[C@@H](N)C(=O)N1CCCNC(=O)C1. The van der Waals surface area contributed by atoms with E-state index in [-0.39, 0.29) is 18.4 Å². The summed E-state index contributed by atoms with van der Waals surface area (Å²) in [5.41, 5.74) is 5.62. The van der Waals surface area contributed by atoms with Gasteiger partial charge in [0.05, 0.1) is 12.6 Å². The molecule has 1 aliphatic heterocycles. The molecule has 1 rings (SSSR count). The summed E-state index contributed by atoms with van der Waals surface area (Å²) in [6, 6.07) is -0.471. The van der Waals surface area contributed by atoms with Crippen molar-refractivity contribution in [1.29, 1.82) is 0 Å². The summed E-state index contributed by atoms with van der Waals surface area (Å²) < 4.78 is 0. The first-order valence-electron chi connectivity index (χ1n) is 4.96. The van der Waals surface area contributed by atoms with Crippen molar-refractivity contribution in [2.24, 2.45) is 5.73 Å². The minimum atomic E-state index is -0.471. The fourth-order valence-corrected chi connectivity index (χ4v) is 1.40. The summed E-state index contributed by atoms with van der Waals surface area (Å²) in [4.78, 5) is 24.3. The third-order valence-corrected chi connectivity index (χ3v) is 2.33. The summed E-state index contributed by atoms with van der Waals surface area (Å²) in [5.74, 6) is -0.219. The molecule has 0 aromatic carbocycles. The largest absolute Gasteiger partial charge is 0.354 e. The molecule has 3 N–H and O–H groups in total. The van der Waals surface area contributed by atoms with Gasteiger partial charge in [-0.3, -0.25) is 9.59 Å². The number of carbonyl (C=O) groups is 2. The van der Waals surface area contributed by atoms with Crippen molar-refractivity contribution >= 4 is 11.8 Å². The highest BCUT2D eigenvalue weighted by Gasteiger charge is 2.23. The highest BCUT2D eigenvalue weighted by atomic mass is 16.2. The van der Waals surface area contributed by atoms with Crippen LogP contribution in [0.1, 0.15) is 19.8 Å². The van der Waals surface area contributed by atoms with Crippen LogP contribution < -0.4 is 11.1 Å². The van der Waals surface area contributed by atoms with E-state index in [2.05, 4.69) is 5.32 Å². The average molecular weight is 199 g/mol. The smallest absolute Gasteiger partial charge is 0.239 e. The Bertz CT molecular complexity index is 230. The standard InChI is InChI=1S/C9H17N3O2/c1-2-7(10)9(14)12-5-3-4-11-8(13)6-12/h7H,2-6,10H2,1H3,(H,11,13)/t7-/m1/s1. The average Bonchev–Trinajstić information content (AvgIpc) is 2.40. The second kappa shape index (κ2) is 4.95. The third-order valence-electron chi connectivity index (χ3n) is 2.33. The molecule has 0 bridgehead atoms. The van der Waals surface area contributed by atoms with E-state index in [1.165, 1.54) is 4.90 Å². The van der Waals surface area contributed by atoms with Crippen LogP contribution in [0.15, 0.2) is 0 Å². The maximum atomic E-state index is 11.6. The number of carbonyl (C=O) groups excluding carboxylic acids is 2. The van der Waals surface area contributed by atoms with Crippen molar-refractivity contribution in [1.82, 2.24) is 10.2 Å². The lowest BCUT2D eigenvalue weighted by Gasteiger charge is -2.22. The van der Waals surface area contributed by atoms with Gasteiger partial charge in [-0.1, -0.05) is 6.92 Å². The molecule has 0 spiro atoms. The van der Waals surface area contributed by atoms with Crippen LogP contribution in [0.3, 0.4) is 0 Å². The van der Waals surface area contributed by atoms with Gasteiger partial charge in [-0.05, 0) is 12.8 Å². The lowest BCUT2D eigenvalue weighted by Crippen LogP contribution is -2.46. The van der Waals surface area contributed by atoms with Gasteiger partial charge in [0.1, 0.15) is 0 Å². The van der Waals surface area contributed by atoms with Gasteiger partial charge >= 0.3 is 0 Å². The summed E-state index contributed by atoms with van der Waals surface area (Å²) in [5, 5.41) is 2.71. The quantitative estimate of drug-likeness (QED) is 0.603. The summed E-state index contributed by atoms with van der Waals surface area (Å²) >= 11 is 0. The first kappa shape index (κ1) is 11.0. The number of rotatable bonds is 2. The molecule has 0 saturated carbocycles. The Labute approximate surface area is 83.6 Å². The number of nitrogens with zero attached hydrogens (tertiary/aromatic N) is 1. The molecule has 1 fully saturated rings. The number of hydrogen-bond acceptors (Lipinski definition) is 3. The predicted octanol–water partition coefficient (Wildman–Crippen LogP) is -0.928. The maximum Gasteiger partial charge on any atom is 0.239 e. The van der Waals surface area contributed by atoms with E-state index in [4.69, 9.17) is 5.73 Å². The molecular weight excluding hydrogens is 182 g/mol. The van der Waals surface area contributed by atoms with Crippen LogP contribution in [0.5, 0.6) is 0 Å². The zero-order valence-electron chi connectivity index (χ0n) is 8.45. The topological polar surface area (TPSA) is 75.4 Å². The number of nitrogens with two attached hydrogens (primary N) is 1. The van der Waals surface area contributed by atoms with E-state index in [9.17, 15) is 9.59 Å². The van der Waals surface area contributed by atoms with Crippen molar-refractivity contribution in [3.05, 3.63) is 0 Å². The zero-order chi connectivity index (χ0) is 10.6. The number of amides is 2. The number of hydrogen-bond donors (Lipinski definition) is 2.